The number of carbonyl (C=O) groups excluding carboxylic acids is 2. The second kappa shape index (κ2) is 8.69. The molecule has 0 radical (unpaired) electrons. The second-order valence-electron chi connectivity index (χ2n) is 5.40. The van der Waals surface area contributed by atoms with Crippen molar-refractivity contribution >= 4 is 40.9 Å². The van der Waals surface area contributed by atoms with Crippen molar-refractivity contribution < 1.29 is 14.0 Å². The first-order valence-electron chi connectivity index (χ1n) is 7.92. The van der Waals surface area contributed by atoms with Gasteiger partial charge in [-0.25, -0.2) is 0 Å². The van der Waals surface area contributed by atoms with E-state index in [1.807, 2.05) is 36.6 Å². The molecule has 1 aromatic carbocycles. The van der Waals surface area contributed by atoms with E-state index in [9.17, 15) is 9.59 Å². The van der Waals surface area contributed by atoms with E-state index in [1.54, 1.807) is 36.0 Å². The Kier molecular flexibility index (Phi) is 6.09. The van der Waals surface area contributed by atoms with Crippen LogP contribution in [0.25, 0.3) is 6.08 Å². The number of thiophene rings is 1. The standard InChI is InChI=1S/C20H17NO3S2/c1-25-15-7-4-14(5-8-15)6-11-19(22)21-13-16-9-10-18(26-16)20(23)17-3-2-12-24-17/h2-12H,13H2,1H3,(H,21,22)/b11-6+. The predicted octanol–water partition coefficient (Wildman–Crippen LogP) is 4.62. The molecule has 0 aliphatic carbocycles. The minimum atomic E-state index is -0.175. The first kappa shape index (κ1) is 18.2. The average Bonchev–Trinajstić information content (AvgIpc) is 3.36. The molecule has 0 atom stereocenters. The maximum absolute atomic E-state index is 12.2. The summed E-state index contributed by atoms with van der Waals surface area (Å²) in [6, 6.07) is 14.9. The van der Waals surface area contributed by atoms with Gasteiger partial charge < -0.3 is 9.73 Å². The molecule has 0 aliphatic rings. The molecule has 26 heavy (non-hydrogen) atoms. The molecule has 0 unspecified atom stereocenters. The maximum Gasteiger partial charge on any atom is 0.244 e. The lowest BCUT2D eigenvalue weighted by atomic mass is 10.2. The highest BCUT2D eigenvalue weighted by Crippen LogP contribution is 2.20. The summed E-state index contributed by atoms with van der Waals surface area (Å²) in [5.74, 6) is -0.00437. The number of hydrogen-bond acceptors (Lipinski definition) is 5. The summed E-state index contributed by atoms with van der Waals surface area (Å²) < 4.78 is 5.12. The van der Waals surface area contributed by atoms with Gasteiger partial charge in [-0.1, -0.05) is 12.1 Å². The van der Waals surface area contributed by atoms with Crippen LogP contribution in [-0.4, -0.2) is 17.9 Å². The normalized spacial score (nSPS) is 11.0. The number of ketones is 1. The van der Waals surface area contributed by atoms with Crippen LogP contribution in [0.2, 0.25) is 0 Å². The van der Waals surface area contributed by atoms with Crippen molar-refractivity contribution in [1.29, 1.82) is 0 Å². The van der Waals surface area contributed by atoms with Crippen molar-refractivity contribution in [3.63, 3.8) is 0 Å². The minimum absolute atomic E-state index is 0.147. The summed E-state index contributed by atoms with van der Waals surface area (Å²) in [5.41, 5.74) is 0.973. The largest absolute Gasteiger partial charge is 0.461 e. The summed E-state index contributed by atoms with van der Waals surface area (Å²) >= 11 is 3.03. The highest BCUT2D eigenvalue weighted by molar-refractivity contribution is 7.98. The van der Waals surface area contributed by atoms with Crippen LogP contribution in [0.4, 0.5) is 0 Å². The lowest BCUT2D eigenvalue weighted by Gasteiger charge is -2.00. The van der Waals surface area contributed by atoms with E-state index in [-0.39, 0.29) is 11.7 Å². The Morgan fingerprint density at radius 2 is 1.96 bits per heavy atom. The molecule has 3 rings (SSSR count). The van der Waals surface area contributed by atoms with Crippen LogP contribution in [0.3, 0.4) is 0 Å². The second-order valence-corrected chi connectivity index (χ2v) is 7.44. The molecule has 0 bridgehead atoms. The summed E-state index contributed by atoms with van der Waals surface area (Å²) in [6.07, 6.45) is 6.79. The van der Waals surface area contributed by atoms with Gasteiger partial charge in [0.15, 0.2) is 5.76 Å². The zero-order valence-electron chi connectivity index (χ0n) is 14.1. The Hall–Kier alpha value is -2.57. The molecule has 2 aromatic heterocycles. The third-order valence-electron chi connectivity index (χ3n) is 3.61. The molecule has 6 heteroatoms. The van der Waals surface area contributed by atoms with Crippen LogP contribution in [0, 0.1) is 0 Å². The SMILES string of the molecule is CSc1ccc(/C=C/C(=O)NCc2ccc(C(=O)c3ccco3)s2)cc1. The fraction of sp³-hybridized carbons (Fsp3) is 0.100. The number of rotatable bonds is 7. The average molecular weight is 383 g/mol. The van der Waals surface area contributed by atoms with E-state index in [2.05, 4.69) is 5.32 Å². The predicted molar refractivity (Wildman–Crippen MR) is 106 cm³/mol. The van der Waals surface area contributed by atoms with Crippen LogP contribution in [0.5, 0.6) is 0 Å². The van der Waals surface area contributed by atoms with Gasteiger partial charge in [0, 0.05) is 15.8 Å². The van der Waals surface area contributed by atoms with Crippen molar-refractivity contribution in [3.8, 4) is 0 Å². The number of nitrogens with one attached hydrogen (secondary N) is 1. The molecule has 0 aliphatic heterocycles. The Labute approximate surface area is 159 Å². The quantitative estimate of drug-likeness (QED) is 0.367. The maximum atomic E-state index is 12.2. The van der Waals surface area contributed by atoms with Gasteiger partial charge in [-0.05, 0) is 54.3 Å². The van der Waals surface area contributed by atoms with Crippen molar-refractivity contribution in [3.05, 3.63) is 81.9 Å². The molecule has 2 heterocycles. The number of amides is 1. The third kappa shape index (κ3) is 4.74. The Balaban J connectivity index is 1.53. The van der Waals surface area contributed by atoms with Crippen LogP contribution < -0.4 is 5.32 Å². The van der Waals surface area contributed by atoms with E-state index in [0.29, 0.717) is 17.2 Å². The molecule has 3 aromatic rings. The summed E-state index contributed by atoms with van der Waals surface area (Å²) in [6.45, 7) is 0.380. The van der Waals surface area contributed by atoms with Crippen LogP contribution in [0.15, 0.2) is 70.2 Å². The number of thioether (sulfide) groups is 1. The monoisotopic (exact) mass is 383 g/mol. The Bertz CT molecular complexity index is 909. The van der Waals surface area contributed by atoms with E-state index >= 15 is 0 Å². The molecule has 4 nitrogen and oxygen atoms in total. The van der Waals surface area contributed by atoms with Crippen LogP contribution in [0.1, 0.15) is 25.9 Å². The summed E-state index contributed by atoms with van der Waals surface area (Å²) in [7, 11) is 0. The topological polar surface area (TPSA) is 59.3 Å². The van der Waals surface area contributed by atoms with Gasteiger partial charge in [0.1, 0.15) is 0 Å². The van der Waals surface area contributed by atoms with E-state index in [1.165, 1.54) is 28.6 Å². The van der Waals surface area contributed by atoms with E-state index in [0.717, 1.165) is 10.4 Å². The van der Waals surface area contributed by atoms with Gasteiger partial charge in [0.05, 0.1) is 17.7 Å². The van der Waals surface area contributed by atoms with Gasteiger partial charge in [-0.2, -0.15) is 0 Å². The first-order valence-corrected chi connectivity index (χ1v) is 9.97. The molecular formula is C20H17NO3S2. The van der Waals surface area contributed by atoms with Crippen LogP contribution in [-0.2, 0) is 11.3 Å². The van der Waals surface area contributed by atoms with Crippen molar-refractivity contribution in [2.45, 2.75) is 11.4 Å². The molecule has 132 valence electrons. The zero-order valence-corrected chi connectivity index (χ0v) is 15.7. The number of benzene rings is 1. The van der Waals surface area contributed by atoms with Gasteiger partial charge in [-0.3, -0.25) is 9.59 Å². The van der Waals surface area contributed by atoms with Crippen LogP contribution >= 0.6 is 23.1 Å². The van der Waals surface area contributed by atoms with Crippen molar-refractivity contribution in [2.24, 2.45) is 0 Å². The number of furan rings is 1. The zero-order chi connectivity index (χ0) is 18.4. The van der Waals surface area contributed by atoms with Gasteiger partial charge in [0.2, 0.25) is 11.7 Å². The third-order valence-corrected chi connectivity index (χ3v) is 5.44. The van der Waals surface area contributed by atoms with Crippen molar-refractivity contribution in [1.82, 2.24) is 5.32 Å². The molecule has 0 fully saturated rings. The highest BCUT2D eigenvalue weighted by atomic mass is 32.2. The lowest BCUT2D eigenvalue weighted by molar-refractivity contribution is -0.116. The molecule has 1 amide bonds. The Morgan fingerprint density at radius 3 is 2.65 bits per heavy atom. The molecule has 1 N–H and O–H groups in total. The first-order chi connectivity index (χ1) is 12.7. The Morgan fingerprint density at radius 1 is 1.15 bits per heavy atom. The fourth-order valence-corrected chi connectivity index (χ4v) is 3.54. The number of carbonyl (C=O) groups is 2. The summed E-state index contributed by atoms with van der Waals surface area (Å²) in [5, 5.41) is 2.82. The van der Waals surface area contributed by atoms with E-state index in [4.69, 9.17) is 4.42 Å². The lowest BCUT2D eigenvalue weighted by Crippen LogP contribution is -2.19. The van der Waals surface area contributed by atoms with Gasteiger partial charge >= 0.3 is 0 Å². The smallest absolute Gasteiger partial charge is 0.244 e. The highest BCUT2D eigenvalue weighted by Gasteiger charge is 2.14. The molecule has 0 saturated carbocycles. The fourth-order valence-electron chi connectivity index (χ4n) is 2.24. The molecular weight excluding hydrogens is 366 g/mol. The molecule has 0 spiro atoms. The van der Waals surface area contributed by atoms with Crippen molar-refractivity contribution in [2.75, 3.05) is 6.26 Å². The van der Waals surface area contributed by atoms with Gasteiger partial charge in [0.25, 0.3) is 0 Å². The summed E-state index contributed by atoms with van der Waals surface area (Å²) in [4.78, 5) is 26.8. The number of hydrogen-bond donors (Lipinski definition) is 1. The van der Waals surface area contributed by atoms with Gasteiger partial charge in [-0.15, -0.1) is 23.1 Å². The van der Waals surface area contributed by atoms with E-state index < -0.39 is 0 Å². The molecule has 0 saturated heterocycles. The minimum Gasteiger partial charge on any atom is -0.461 e.